The summed E-state index contributed by atoms with van der Waals surface area (Å²) >= 11 is 2.59. The van der Waals surface area contributed by atoms with E-state index in [2.05, 4.69) is 15.9 Å². The van der Waals surface area contributed by atoms with Crippen molar-refractivity contribution < 1.29 is 15.0 Å². The van der Waals surface area contributed by atoms with Crippen molar-refractivity contribution >= 4 is 21.9 Å². The lowest BCUT2D eigenvalue weighted by molar-refractivity contribution is -0.136. The molecule has 1 aromatic rings. The zero-order valence-corrected chi connectivity index (χ0v) is 8.53. The standard InChI is InChI=1S/C8H8O2.CH2BrO/c9-8(10)6-7-4-2-1-3-5-7;2-1-3/h1-5H,6H2,(H,9,10);1H2. The lowest BCUT2D eigenvalue weighted by atomic mass is 10.2. The average molecular weight is 246 g/mol. The van der Waals surface area contributed by atoms with Crippen LogP contribution in [0.2, 0.25) is 0 Å². The van der Waals surface area contributed by atoms with Gasteiger partial charge in [0.05, 0.1) is 6.42 Å². The Kier molecular flexibility index (Phi) is 7.24. The third-order valence-corrected chi connectivity index (χ3v) is 1.20. The van der Waals surface area contributed by atoms with Gasteiger partial charge in [0.25, 0.3) is 0 Å². The second kappa shape index (κ2) is 7.76. The van der Waals surface area contributed by atoms with Gasteiger partial charge in [-0.3, -0.25) is 4.79 Å². The Labute approximate surface area is 85.1 Å². The Balaban J connectivity index is 0.000000424. The smallest absolute Gasteiger partial charge is 0.307 e. The predicted molar refractivity (Wildman–Crippen MR) is 52.3 cm³/mol. The highest BCUT2D eigenvalue weighted by atomic mass is 79.9. The minimum Gasteiger partial charge on any atom is -0.481 e. The largest absolute Gasteiger partial charge is 0.481 e. The number of hydrogen-bond acceptors (Lipinski definition) is 1. The first-order valence-electron chi connectivity index (χ1n) is 3.60. The van der Waals surface area contributed by atoms with E-state index in [9.17, 15) is 4.79 Å². The molecule has 4 heteroatoms. The minimum absolute atomic E-state index is 0.112. The molecule has 0 saturated heterocycles. The Morgan fingerprint density at radius 3 is 2.15 bits per heavy atom. The van der Waals surface area contributed by atoms with Crippen molar-refractivity contribution in [1.82, 2.24) is 0 Å². The van der Waals surface area contributed by atoms with Gasteiger partial charge in [0.2, 0.25) is 0 Å². The highest BCUT2D eigenvalue weighted by molar-refractivity contribution is 9.09. The van der Waals surface area contributed by atoms with E-state index in [-0.39, 0.29) is 11.9 Å². The zero-order chi connectivity index (χ0) is 10.1. The highest BCUT2D eigenvalue weighted by Crippen LogP contribution is 1.98. The number of alkyl halides is 1. The van der Waals surface area contributed by atoms with Crippen LogP contribution in [-0.2, 0) is 16.3 Å². The summed E-state index contributed by atoms with van der Waals surface area (Å²) in [5, 5.41) is 17.2. The van der Waals surface area contributed by atoms with Crippen molar-refractivity contribution in [1.29, 1.82) is 0 Å². The summed E-state index contributed by atoms with van der Waals surface area (Å²) in [6.45, 7) is 0. The number of hydrogen-bond donors (Lipinski definition) is 1. The maximum Gasteiger partial charge on any atom is 0.307 e. The van der Waals surface area contributed by atoms with Gasteiger partial charge in [-0.1, -0.05) is 46.3 Å². The predicted octanol–water partition coefficient (Wildman–Crippen LogP) is 2.08. The van der Waals surface area contributed by atoms with Gasteiger partial charge in [0, 0.05) is 0 Å². The molecule has 71 valence electrons. The van der Waals surface area contributed by atoms with Crippen LogP contribution in [0.15, 0.2) is 30.3 Å². The van der Waals surface area contributed by atoms with E-state index in [1.165, 1.54) is 0 Å². The second-order valence-corrected chi connectivity index (χ2v) is 2.62. The van der Waals surface area contributed by atoms with Gasteiger partial charge < -0.3 is 5.11 Å². The van der Waals surface area contributed by atoms with Crippen molar-refractivity contribution in [2.75, 3.05) is 5.52 Å². The van der Waals surface area contributed by atoms with Crippen LogP contribution < -0.4 is 0 Å². The van der Waals surface area contributed by atoms with Gasteiger partial charge in [-0.25, -0.2) is 5.11 Å². The Bertz CT molecular complexity index is 236. The molecule has 1 aromatic carbocycles. The zero-order valence-electron chi connectivity index (χ0n) is 6.94. The molecule has 0 unspecified atom stereocenters. The van der Waals surface area contributed by atoms with Crippen LogP contribution in [0, 0.1) is 0 Å². The number of benzene rings is 1. The quantitative estimate of drug-likeness (QED) is 0.812. The number of halogens is 1. The molecule has 0 saturated carbocycles. The van der Waals surface area contributed by atoms with E-state index in [0.29, 0.717) is 0 Å². The molecule has 1 radical (unpaired) electrons. The second-order valence-electron chi connectivity index (χ2n) is 2.17. The molecule has 0 fully saturated rings. The molecule has 0 bridgehead atoms. The van der Waals surface area contributed by atoms with Gasteiger partial charge in [-0.2, -0.15) is 0 Å². The Morgan fingerprint density at radius 1 is 1.31 bits per heavy atom. The molecule has 0 aromatic heterocycles. The van der Waals surface area contributed by atoms with Crippen LogP contribution in [0.25, 0.3) is 0 Å². The van der Waals surface area contributed by atoms with E-state index >= 15 is 0 Å². The molecule has 0 atom stereocenters. The monoisotopic (exact) mass is 245 g/mol. The van der Waals surface area contributed by atoms with E-state index < -0.39 is 5.97 Å². The normalized spacial score (nSPS) is 8.46. The summed E-state index contributed by atoms with van der Waals surface area (Å²) in [5.74, 6) is -0.786. The van der Waals surface area contributed by atoms with Crippen LogP contribution in [0.5, 0.6) is 0 Å². The average Bonchev–Trinajstić information content (AvgIpc) is 2.06. The summed E-state index contributed by atoms with van der Waals surface area (Å²) in [5.41, 5.74) is 0.655. The van der Waals surface area contributed by atoms with Crippen LogP contribution in [-0.4, -0.2) is 16.6 Å². The molecule has 1 N–H and O–H groups in total. The number of aliphatic carboxylic acids is 1. The summed E-state index contributed by atoms with van der Waals surface area (Å²) < 4.78 is 0. The number of rotatable bonds is 2. The lowest BCUT2D eigenvalue weighted by Gasteiger charge is -1.92. The summed E-state index contributed by atoms with van der Waals surface area (Å²) in [6.07, 6.45) is 0.112. The van der Waals surface area contributed by atoms with Crippen molar-refractivity contribution in [3.63, 3.8) is 0 Å². The maximum absolute atomic E-state index is 10.2. The Morgan fingerprint density at radius 2 is 1.77 bits per heavy atom. The fourth-order valence-corrected chi connectivity index (χ4v) is 0.770. The number of carboxylic acid groups (broad SMARTS) is 1. The first-order valence-corrected chi connectivity index (χ1v) is 4.72. The molecular formula is C9H10BrO3. The van der Waals surface area contributed by atoms with E-state index in [1.807, 2.05) is 18.2 Å². The highest BCUT2D eigenvalue weighted by Gasteiger charge is 1.96. The molecule has 1 rings (SSSR count). The van der Waals surface area contributed by atoms with Gasteiger partial charge in [0.1, 0.15) is 5.52 Å². The van der Waals surface area contributed by atoms with Crippen LogP contribution in [0.4, 0.5) is 0 Å². The van der Waals surface area contributed by atoms with Crippen molar-refractivity contribution in [2.45, 2.75) is 6.42 Å². The first kappa shape index (κ1) is 12.1. The molecule has 3 nitrogen and oxygen atoms in total. The Hall–Kier alpha value is -0.870. The topological polar surface area (TPSA) is 57.2 Å². The third-order valence-electron chi connectivity index (χ3n) is 1.20. The molecule has 0 heterocycles. The molecule has 0 aliphatic carbocycles. The van der Waals surface area contributed by atoms with Crippen molar-refractivity contribution in [2.24, 2.45) is 0 Å². The first-order chi connectivity index (χ1) is 6.20. The molecular weight excluding hydrogens is 236 g/mol. The summed E-state index contributed by atoms with van der Waals surface area (Å²) in [7, 11) is 0. The molecule has 0 aliphatic rings. The SMILES string of the molecule is O=C(O)Cc1ccccc1.[O]CBr. The summed E-state index contributed by atoms with van der Waals surface area (Å²) in [6, 6.07) is 9.13. The van der Waals surface area contributed by atoms with E-state index in [0.717, 1.165) is 5.56 Å². The molecule has 0 spiro atoms. The van der Waals surface area contributed by atoms with Gasteiger partial charge in [0.15, 0.2) is 0 Å². The molecule has 0 amide bonds. The molecule has 0 aliphatic heterocycles. The summed E-state index contributed by atoms with van der Waals surface area (Å²) in [4.78, 5) is 10.2. The minimum atomic E-state index is -0.786. The number of carboxylic acids is 1. The van der Waals surface area contributed by atoms with Crippen molar-refractivity contribution in [3.05, 3.63) is 35.9 Å². The number of carbonyl (C=O) groups is 1. The third kappa shape index (κ3) is 7.49. The fraction of sp³-hybridized carbons (Fsp3) is 0.222. The lowest BCUT2D eigenvalue weighted by Crippen LogP contribution is -1.98. The maximum atomic E-state index is 10.2. The van der Waals surface area contributed by atoms with Crippen LogP contribution >= 0.6 is 15.9 Å². The van der Waals surface area contributed by atoms with E-state index in [1.54, 1.807) is 12.1 Å². The van der Waals surface area contributed by atoms with Gasteiger partial charge in [-0.05, 0) is 5.56 Å². The molecule has 13 heavy (non-hydrogen) atoms. The van der Waals surface area contributed by atoms with Crippen molar-refractivity contribution in [3.8, 4) is 0 Å². The fourth-order valence-electron chi connectivity index (χ4n) is 0.770. The van der Waals surface area contributed by atoms with Crippen LogP contribution in [0.3, 0.4) is 0 Å². The van der Waals surface area contributed by atoms with E-state index in [4.69, 9.17) is 10.2 Å². The van der Waals surface area contributed by atoms with Gasteiger partial charge in [-0.15, -0.1) is 0 Å². The van der Waals surface area contributed by atoms with Gasteiger partial charge >= 0.3 is 5.97 Å². The van der Waals surface area contributed by atoms with Crippen LogP contribution in [0.1, 0.15) is 5.56 Å².